The zero-order valence-electron chi connectivity index (χ0n) is 14.2. The van der Waals surface area contributed by atoms with E-state index in [1.165, 1.54) is 0 Å². The number of alkyl halides is 3. The summed E-state index contributed by atoms with van der Waals surface area (Å²) in [5.41, 5.74) is 1.02. The van der Waals surface area contributed by atoms with Gasteiger partial charge in [-0.15, -0.1) is 0 Å². The molecular weight excluding hydrogens is 381 g/mol. The Balaban J connectivity index is 1.70. The highest BCUT2D eigenvalue weighted by atomic mass is 32.2. The van der Waals surface area contributed by atoms with E-state index in [1.54, 1.807) is 0 Å². The number of fused-ring (bicyclic) bond motifs is 1. The number of nitrogens with zero attached hydrogens (tertiary/aromatic N) is 1. The minimum atomic E-state index is -4.61. The molecule has 1 amide bonds. The summed E-state index contributed by atoms with van der Waals surface area (Å²) >= 11 is 0. The fourth-order valence-corrected chi connectivity index (χ4v) is 4.18. The van der Waals surface area contributed by atoms with Gasteiger partial charge in [0.2, 0.25) is 15.7 Å². The fraction of sp³-hybridized carbons (Fsp3) is 0.333. The van der Waals surface area contributed by atoms with Crippen molar-refractivity contribution < 1.29 is 26.4 Å². The molecule has 0 fully saturated rings. The number of nitrogens with one attached hydrogen (secondary N) is 1. The van der Waals surface area contributed by atoms with E-state index in [0.717, 1.165) is 30.0 Å². The number of amides is 1. The maximum atomic E-state index is 12.6. The molecule has 1 N–H and O–H groups in total. The van der Waals surface area contributed by atoms with Gasteiger partial charge in [0.25, 0.3) is 0 Å². The molecule has 5 nitrogen and oxygen atoms in total. The van der Waals surface area contributed by atoms with Crippen molar-refractivity contribution in [2.24, 2.45) is 0 Å². The van der Waals surface area contributed by atoms with Gasteiger partial charge in [0.15, 0.2) is 5.03 Å². The van der Waals surface area contributed by atoms with Crippen LogP contribution in [0.5, 0.6) is 0 Å². The van der Waals surface area contributed by atoms with E-state index in [4.69, 9.17) is 0 Å². The summed E-state index contributed by atoms with van der Waals surface area (Å²) in [6, 6.07) is 8.74. The molecular formula is C18H17F3N2O3S. The molecule has 0 unspecified atom stereocenters. The molecule has 1 aliphatic carbocycles. The molecule has 0 radical (unpaired) electrons. The molecule has 1 aliphatic rings. The van der Waals surface area contributed by atoms with E-state index in [1.807, 2.05) is 24.3 Å². The molecule has 0 aliphatic heterocycles. The van der Waals surface area contributed by atoms with Crippen LogP contribution in [0.15, 0.2) is 47.6 Å². The number of pyridine rings is 1. The number of halogens is 3. The lowest BCUT2D eigenvalue weighted by atomic mass is 9.88. The lowest BCUT2D eigenvalue weighted by molar-refractivity contribution is -0.137. The highest BCUT2D eigenvalue weighted by molar-refractivity contribution is 7.92. The Hall–Kier alpha value is -2.42. The van der Waals surface area contributed by atoms with Crippen molar-refractivity contribution in [1.82, 2.24) is 10.3 Å². The first-order chi connectivity index (χ1) is 12.7. The van der Waals surface area contributed by atoms with Crippen LogP contribution >= 0.6 is 0 Å². The largest absolute Gasteiger partial charge is 0.417 e. The van der Waals surface area contributed by atoms with Gasteiger partial charge in [0.1, 0.15) is 5.75 Å². The van der Waals surface area contributed by atoms with E-state index < -0.39 is 38.3 Å². The third-order valence-electron chi connectivity index (χ3n) is 4.41. The monoisotopic (exact) mass is 398 g/mol. The normalized spacial score (nSPS) is 17.2. The summed E-state index contributed by atoms with van der Waals surface area (Å²) in [7, 11) is -4.14. The predicted molar refractivity (Wildman–Crippen MR) is 91.6 cm³/mol. The molecule has 0 spiro atoms. The van der Waals surface area contributed by atoms with Crippen LogP contribution in [0, 0.1) is 0 Å². The van der Waals surface area contributed by atoms with E-state index in [2.05, 4.69) is 10.3 Å². The maximum Gasteiger partial charge on any atom is 0.417 e. The standard InChI is InChI=1S/C18H17F3N2O3S/c19-18(20,21)13-8-9-17(22-10-13)27(25,26)11-16(24)23-15-7-3-5-12-4-1-2-6-14(12)15/h1-2,4,6,8-10,15H,3,5,7,11H2,(H,23,24)/t15-/m0/s1. The molecule has 1 aromatic heterocycles. The highest BCUT2D eigenvalue weighted by Crippen LogP contribution is 2.30. The first-order valence-corrected chi connectivity index (χ1v) is 9.95. The Morgan fingerprint density at radius 1 is 1.19 bits per heavy atom. The van der Waals surface area contributed by atoms with Gasteiger partial charge in [-0.05, 0) is 42.5 Å². The predicted octanol–water partition coefficient (Wildman–Crippen LogP) is 3.07. The van der Waals surface area contributed by atoms with Crippen molar-refractivity contribution in [3.05, 3.63) is 59.3 Å². The topological polar surface area (TPSA) is 76.1 Å². The number of aromatic nitrogens is 1. The summed E-state index contributed by atoms with van der Waals surface area (Å²) < 4.78 is 62.2. The zero-order valence-corrected chi connectivity index (χ0v) is 15.0. The average molecular weight is 398 g/mol. The number of sulfone groups is 1. The fourth-order valence-electron chi connectivity index (χ4n) is 3.12. The van der Waals surface area contributed by atoms with Gasteiger partial charge < -0.3 is 5.32 Å². The van der Waals surface area contributed by atoms with Crippen molar-refractivity contribution in [1.29, 1.82) is 0 Å². The summed E-state index contributed by atoms with van der Waals surface area (Å²) in [6.07, 6.45) is -1.70. The van der Waals surface area contributed by atoms with Crippen molar-refractivity contribution in [2.75, 3.05) is 5.75 Å². The molecule has 1 heterocycles. The molecule has 9 heteroatoms. The van der Waals surface area contributed by atoms with Crippen molar-refractivity contribution in [3.8, 4) is 0 Å². The zero-order chi connectivity index (χ0) is 19.7. The molecule has 3 rings (SSSR count). The molecule has 1 aromatic carbocycles. The minimum absolute atomic E-state index is 0.279. The highest BCUT2D eigenvalue weighted by Gasteiger charge is 2.32. The van der Waals surface area contributed by atoms with E-state index in [-0.39, 0.29) is 6.04 Å². The Kier molecular flexibility index (Phi) is 5.23. The van der Waals surface area contributed by atoms with E-state index >= 15 is 0 Å². The number of carbonyl (C=O) groups is 1. The SMILES string of the molecule is O=C(CS(=O)(=O)c1ccc(C(F)(F)F)cn1)N[C@H]1CCCc2ccccc21. The quantitative estimate of drug-likeness (QED) is 0.859. The van der Waals surface area contributed by atoms with Crippen LogP contribution in [0.2, 0.25) is 0 Å². The Labute approximate surface area is 154 Å². The first-order valence-electron chi connectivity index (χ1n) is 8.30. The van der Waals surface area contributed by atoms with Crippen LogP contribution in [0.3, 0.4) is 0 Å². The molecule has 27 heavy (non-hydrogen) atoms. The molecule has 144 valence electrons. The summed E-state index contributed by atoms with van der Waals surface area (Å²) in [6.45, 7) is 0. The number of carbonyl (C=O) groups excluding carboxylic acids is 1. The Bertz CT molecular complexity index is 941. The Morgan fingerprint density at radius 3 is 2.59 bits per heavy atom. The van der Waals surface area contributed by atoms with Crippen LogP contribution in [0.25, 0.3) is 0 Å². The number of rotatable bonds is 4. The lowest BCUT2D eigenvalue weighted by Gasteiger charge is -2.26. The van der Waals surface area contributed by atoms with Gasteiger partial charge in [-0.2, -0.15) is 13.2 Å². The van der Waals surface area contributed by atoms with Crippen molar-refractivity contribution >= 4 is 15.7 Å². The number of aryl methyl sites for hydroxylation is 1. The summed E-state index contributed by atoms with van der Waals surface area (Å²) in [4.78, 5) is 15.6. The van der Waals surface area contributed by atoms with Crippen LogP contribution < -0.4 is 5.32 Å². The first kappa shape index (κ1) is 19.3. The van der Waals surface area contributed by atoms with Gasteiger partial charge in [-0.3, -0.25) is 4.79 Å². The second-order valence-corrected chi connectivity index (χ2v) is 8.29. The van der Waals surface area contributed by atoms with Crippen molar-refractivity contribution in [3.63, 3.8) is 0 Å². The Morgan fingerprint density at radius 2 is 1.93 bits per heavy atom. The van der Waals surface area contributed by atoms with Crippen LogP contribution in [-0.4, -0.2) is 25.1 Å². The van der Waals surface area contributed by atoms with Crippen LogP contribution in [0.4, 0.5) is 13.2 Å². The van der Waals surface area contributed by atoms with Gasteiger partial charge in [-0.25, -0.2) is 13.4 Å². The summed E-state index contributed by atoms with van der Waals surface area (Å²) in [5.74, 6) is -1.58. The number of benzene rings is 1. The van der Waals surface area contributed by atoms with Gasteiger partial charge >= 0.3 is 6.18 Å². The van der Waals surface area contributed by atoms with E-state index in [9.17, 15) is 26.4 Å². The van der Waals surface area contributed by atoms with Gasteiger partial charge in [0, 0.05) is 6.20 Å². The smallest absolute Gasteiger partial charge is 0.348 e. The molecule has 0 bridgehead atoms. The second kappa shape index (κ2) is 7.30. The number of hydrogen-bond donors (Lipinski definition) is 1. The molecule has 0 saturated carbocycles. The van der Waals surface area contributed by atoms with Crippen LogP contribution in [-0.2, 0) is 27.2 Å². The maximum absolute atomic E-state index is 12.6. The van der Waals surface area contributed by atoms with E-state index in [0.29, 0.717) is 18.7 Å². The molecule has 0 saturated heterocycles. The average Bonchev–Trinajstić information content (AvgIpc) is 2.61. The third kappa shape index (κ3) is 4.47. The van der Waals surface area contributed by atoms with Crippen LogP contribution in [0.1, 0.15) is 35.6 Å². The second-order valence-electron chi connectivity index (χ2n) is 6.35. The summed E-state index contributed by atoms with van der Waals surface area (Å²) in [5, 5.41) is 2.15. The lowest BCUT2D eigenvalue weighted by Crippen LogP contribution is -2.35. The van der Waals surface area contributed by atoms with Gasteiger partial charge in [-0.1, -0.05) is 24.3 Å². The molecule has 2 aromatic rings. The van der Waals surface area contributed by atoms with Crippen molar-refractivity contribution in [2.45, 2.75) is 36.5 Å². The minimum Gasteiger partial charge on any atom is -0.348 e. The third-order valence-corrected chi connectivity index (χ3v) is 5.93. The molecule has 1 atom stereocenters. The van der Waals surface area contributed by atoms with Gasteiger partial charge in [0.05, 0.1) is 11.6 Å². The number of hydrogen-bond acceptors (Lipinski definition) is 4.